The first-order chi connectivity index (χ1) is 13.6. The van der Waals surface area contributed by atoms with Crippen LogP contribution in [0.3, 0.4) is 0 Å². The molecule has 0 fully saturated rings. The molecule has 0 spiro atoms. The first-order valence-corrected chi connectivity index (χ1v) is 9.26. The summed E-state index contributed by atoms with van der Waals surface area (Å²) in [5.41, 5.74) is 1.51. The molecule has 2 aromatic rings. The second-order valence-electron chi connectivity index (χ2n) is 7.95. The predicted molar refractivity (Wildman–Crippen MR) is 106 cm³/mol. The number of nitrogens with one attached hydrogen (secondary N) is 1. The maximum atomic E-state index is 14.5. The zero-order chi connectivity index (χ0) is 21.3. The zero-order valence-electron chi connectivity index (χ0n) is 16.8. The number of pyridine rings is 1. The van der Waals surface area contributed by atoms with E-state index in [0.717, 1.165) is 4.90 Å². The minimum atomic E-state index is -1.21. The summed E-state index contributed by atoms with van der Waals surface area (Å²) in [6.45, 7) is 5.82. The average Bonchev–Trinajstić information content (AvgIpc) is 2.65. The van der Waals surface area contributed by atoms with Gasteiger partial charge in [0.05, 0.1) is 12.8 Å². The Bertz CT molecular complexity index is 955. The van der Waals surface area contributed by atoms with Crippen molar-refractivity contribution in [2.45, 2.75) is 38.6 Å². The molecule has 0 aliphatic carbocycles. The third-order valence-corrected chi connectivity index (χ3v) is 4.93. The van der Waals surface area contributed by atoms with E-state index in [2.05, 4.69) is 10.3 Å². The number of carbonyl (C=O) groups excluding carboxylic acids is 1. The summed E-state index contributed by atoms with van der Waals surface area (Å²) >= 11 is 0. The lowest BCUT2D eigenvalue weighted by atomic mass is 9.86. The van der Waals surface area contributed by atoms with E-state index >= 15 is 0 Å². The van der Waals surface area contributed by atoms with E-state index in [1.165, 1.54) is 13.2 Å². The molecule has 3 rings (SSSR count). The Morgan fingerprint density at radius 2 is 2.00 bits per heavy atom. The van der Waals surface area contributed by atoms with Crippen LogP contribution >= 0.6 is 0 Å². The minimum absolute atomic E-state index is 0.123. The highest BCUT2D eigenvalue weighted by molar-refractivity contribution is 5.97. The summed E-state index contributed by atoms with van der Waals surface area (Å²) in [5.74, 6) is -0.601. The van der Waals surface area contributed by atoms with E-state index in [1.807, 2.05) is 20.8 Å². The lowest BCUT2D eigenvalue weighted by Gasteiger charge is -2.33. The molecule has 1 atom stereocenters. The highest BCUT2D eigenvalue weighted by Crippen LogP contribution is 2.32. The van der Waals surface area contributed by atoms with Crippen LogP contribution in [0.1, 0.15) is 43.6 Å². The molecule has 8 heteroatoms. The summed E-state index contributed by atoms with van der Waals surface area (Å²) < 4.78 is 19.6. The van der Waals surface area contributed by atoms with Gasteiger partial charge in [0.15, 0.2) is 0 Å². The molecule has 1 aliphatic heterocycles. The molecule has 1 aromatic heterocycles. The van der Waals surface area contributed by atoms with Crippen LogP contribution in [0.5, 0.6) is 5.88 Å². The molecule has 2 amide bonds. The molecule has 1 aromatic carbocycles. The molecule has 0 bridgehead atoms. The molecule has 154 valence electrons. The third kappa shape index (κ3) is 4.16. The van der Waals surface area contributed by atoms with Gasteiger partial charge in [-0.15, -0.1) is 0 Å². The van der Waals surface area contributed by atoms with Crippen molar-refractivity contribution in [3.05, 3.63) is 53.0 Å². The van der Waals surface area contributed by atoms with E-state index in [0.29, 0.717) is 29.1 Å². The Balaban J connectivity index is 1.92. The molecule has 2 heterocycles. The summed E-state index contributed by atoms with van der Waals surface area (Å²) in [6.07, 6.45) is -0.835. The number of ether oxygens (including phenoxy) is 1. The van der Waals surface area contributed by atoms with Crippen LogP contribution in [0.15, 0.2) is 30.3 Å². The number of amides is 2. The smallest absolute Gasteiger partial charge is 0.408 e. The Morgan fingerprint density at radius 1 is 1.28 bits per heavy atom. The fourth-order valence-electron chi connectivity index (χ4n) is 3.48. The third-order valence-electron chi connectivity index (χ3n) is 4.93. The lowest BCUT2D eigenvalue weighted by Crippen LogP contribution is -2.45. The van der Waals surface area contributed by atoms with Crippen molar-refractivity contribution in [3.8, 4) is 5.88 Å². The quantitative estimate of drug-likeness (QED) is 0.817. The number of halogens is 1. The van der Waals surface area contributed by atoms with Gasteiger partial charge < -0.3 is 15.2 Å². The molecule has 0 saturated carbocycles. The maximum Gasteiger partial charge on any atom is 0.408 e. The lowest BCUT2D eigenvalue weighted by molar-refractivity contribution is -0.121. The van der Waals surface area contributed by atoms with Crippen LogP contribution in [0.4, 0.5) is 14.9 Å². The fraction of sp³-hybridized carbons (Fsp3) is 0.381. The largest absolute Gasteiger partial charge is 0.481 e. The van der Waals surface area contributed by atoms with Gasteiger partial charge in [0.1, 0.15) is 11.9 Å². The summed E-state index contributed by atoms with van der Waals surface area (Å²) in [4.78, 5) is 30.1. The van der Waals surface area contributed by atoms with Crippen molar-refractivity contribution in [2.75, 3.05) is 19.0 Å². The van der Waals surface area contributed by atoms with Gasteiger partial charge in [0.2, 0.25) is 5.88 Å². The maximum absolute atomic E-state index is 14.5. The van der Waals surface area contributed by atoms with Crippen LogP contribution in [0.25, 0.3) is 0 Å². The first-order valence-electron chi connectivity index (χ1n) is 9.26. The molecule has 0 radical (unpaired) electrons. The van der Waals surface area contributed by atoms with Crippen molar-refractivity contribution in [1.29, 1.82) is 0 Å². The van der Waals surface area contributed by atoms with Gasteiger partial charge in [-0.3, -0.25) is 9.69 Å². The number of fused-ring (bicyclic) bond motifs is 1. The number of carbonyl (C=O) groups is 2. The number of rotatable bonds is 3. The predicted octanol–water partition coefficient (Wildman–Crippen LogP) is 3.74. The van der Waals surface area contributed by atoms with Gasteiger partial charge in [0.25, 0.3) is 5.91 Å². The number of nitrogens with zero attached hydrogens (tertiary/aromatic N) is 2. The number of methoxy groups -OCH3 is 1. The Hall–Kier alpha value is -3.16. The van der Waals surface area contributed by atoms with Crippen molar-refractivity contribution in [2.24, 2.45) is 0 Å². The van der Waals surface area contributed by atoms with E-state index in [9.17, 15) is 19.1 Å². The van der Waals surface area contributed by atoms with Gasteiger partial charge >= 0.3 is 6.09 Å². The topological polar surface area (TPSA) is 91.8 Å². The van der Waals surface area contributed by atoms with Gasteiger partial charge in [-0.25, -0.2) is 14.2 Å². The van der Waals surface area contributed by atoms with E-state index in [-0.39, 0.29) is 17.6 Å². The van der Waals surface area contributed by atoms with Gasteiger partial charge in [-0.05, 0) is 29.2 Å². The van der Waals surface area contributed by atoms with Crippen LogP contribution in [0.2, 0.25) is 0 Å². The zero-order valence-corrected chi connectivity index (χ0v) is 16.8. The summed E-state index contributed by atoms with van der Waals surface area (Å²) in [7, 11) is 1.49. The van der Waals surface area contributed by atoms with Crippen molar-refractivity contribution >= 4 is 17.7 Å². The Kier molecular flexibility index (Phi) is 5.46. The Labute approximate surface area is 168 Å². The van der Waals surface area contributed by atoms with Gasteiger partial charge in [0, 0.05) is 30.3 Å². The van der Waals surface area contributed by atoms with Gasteiger partial charge in [-0.2, -0.15) is 0 Å². The van der Waals surface area contributed by atoms with E-state index in [4.69, 9.17) is 4.74 Å². The van der Waals surface area contributed by atoms with Crippen molar-refractivity contribution < 1.29 is 23.8 Å². The highest BCUT2D eigenvalue weighted by atomic mass is 19.1. The molecule has 2 N–H and O–H groups in total. The fourth-order valence-corrected chi connectivity index (χ4v) is 3.48. The second-order valence-corrected chi connectivity index (χ2v) is 7.95. The second kappa shape index (κ2) is 7.69. The normalized spacial score (nSPS) is 16.2. The molecule has 1 aliphatic rings. The molecule has 0 unspecified atom stereocenters. The number of hydrogen-bond acceptors (Lipinski definition) is 4. The van der Waals surface area contributed by atoms with E-state index < -0.39 is 23.9 Å². The van der Waals surface area contributed by atoms with Crippen LogP contribution in [-0.2, 0) is 16.6 Å². The van der Waals surface area contributed by atoms with Crippen LogP contribution < -0.4 is 10.1 Å². The van der Waals surface area contributed by atoms with Crippen molar-refractivity contribution in [1.82, 2.24) is 9.88 Å². The standard InChI is InChI=1S/C21H24FN3O4/c1-21(2,3)14-7-5-12(11-15(14)22)23-19(26)18-13-6-8-17(29-4)24-16(13)9-10-25(18)20(27)28/h5-8,11,18H,9-10H2,1-4H3,(H,23,26)(H,27,28)/t18-/m1/s1. The summed E-state index contributed by atoms with van der Waals surface area (Å²) in [6, 6.07) is 6.63. The number of anilines is 1. The van der Waals surface area contributed by atoms with Crippen molar-refractivity contribution in [3.63, 3.8) is 0 Å². The first kappa shape index (κ1) is 20.6. The molecule has 7 nitrogen and oxygen atoms in total. The van der Waals surface area contributed by atoms with Crippen LogP contribution in [-0.4, -0.2) is 40.6 Å². The molecular formula is C21H24FN3O4. The van der Waals surface area contributed by atoms with Crippen LogP contribution in [0, 0.1) is 5.82 Å². The summed E-state index contributed by atoms with van der Waals surface area (Å²) in [5, 5.41) is 12.2. The monoisotopic (exact) mass is 401 g/mol. The molecular weight excluding hydrogens is 377 g/mol. The number of aromatic nitrogens is 1. The molecule has 0 saturated heterocycles. The molecule has 29 heavy (non-hydrogen) atoms. The minimum Gasteiger partial charge on any atom is -0.481 e. The highest BCUT2D eigenvalue weighted by Gasteiger charge is 2.37. The SMILES string of the molecule is COc1ccc2c(n1)CCN(C(=O)O)[C@H]2C(=O)Nc1ccc(C(C)(C)C)c(F)c1. The number of hydrogen-bond donors (Lipinski definition) is 2. The van der Waals surface area contributed by atoms with Gasteiger partial charge in [-0.1, -0.05) is 26.8 Å². The number of carboxylic acid groups (broad SMARTS) is 1. The average molecular weight is 401 g/mol. The Morgan fingerprint density at radius 3 is 2.59 bits per heavy atom. The van der Waals surface area contributed by atoms with E-state index in [1.54, 1.807) is 24.3 Å². The number of benzene rings is 1.